The van der Waals surface area contributed by atoms with Crippen molar-refractivity contribution in [1.82, 2.24) is 4.40 Å². The highest BCUT2D eigenvalue weighted by molar-refractivity contribution is 5.65. The van der Waals surface area contributed by atoms with Crippen LogP contribution < -0.4 is 5.56 Å². The third kappa shape index (κ3) is 2.42. The SMILES string of the molecule is O=c1c(-c2ccc(C(F)(F)F)cc2)ccc2ccccn12. The highest BCUT2D eigenvalue weighted by Gasteiger charge is 2.30. The Bertz CT molecular complexity index is 848. The summed E-state index contributed by atoms with van der Waals surface area (Å²) in [5.41, 5.74) is 0.580. The molecule has 0 bridgehead atoms. The van der Waals surface area contributed by atoms with E-state index in [9.17, 15) is 18.0 Å². The molecule has 0 aliphatic heterocycles. The number of rotatable bonds is 1. The Kier molecular flexibility index (Phi) is 3.05. The van der Waals surface area contributed by atoms with Crippen LogP contribution in [0.4, 0.5) is 13.2 Å². The molecule has 0 saturated carbocycles. The lowest BCUT2D eigenvalue weighted by molar-refractivity contribution is -0.137. The molecule has 106 valence electrons. The molecule has 1 aromatic carbocycles. The van der Waals surface area contributed by atoms with Gasteiger partial charge in [0, 0.05) is 17.3 Å². The third-order valence-corrected chi connectivity index (χ3v) is 3.28. The lowest BCUT2D eigenvalue weighted by atomic mass is 10.0. The van der Waals surface area contributed by atoms with Crippen molar-refractivity contribution in [3.8, 4) is 11.1 Å². The topological polar surface area (TPSA) is 21.5 Å². The summed E-state index contributed by atoms with van der Waals surface area (Å²) in [6.07, 6.45) is -2.75. The Morgan fingerprint density at radius 3 is 2.24 bits per heavy atom. The lowest BCUT2D eigenvalue weighted by Gasteiger charge is -2.08. The van der Waals surface area contributed by atoms with Gasteiger partial charge < -0.3 is 0 Å². The lowest BCUT2D eigenvalue weighted by Crippen LogP contribution is -2.15. The smallest absolute Gasteiger partial charge is 0.284 e. The highest BCUT2D eigenvalue weighted by Crippen LogP contribution is 2.30. The largest absolute Gasteiger partial charge is 0.416 e. The van der Waals surface area contributed by atoms with E-state index in [0.29, 0.717) is 11.1 Å². The molecule has 2 nitrogen and oxygen atoms in total. The van der Waals surface area contributed by atoms with Crippen molar-refractivity contribution in [3.63, 3.8) is 0 Å². The zero-order valence-electron chi connectivity index (χ0n) is 10.8. The summed E-state index contributed by atoms with van der Waals surface area (Å²) < 4.78 is 39.1. The van der Waals surface area contributed by atoms with Gasteiger partial charge in [0.2, 0.25) is 0 Å². The van der Waals surface area contributed by atoms with Crippen LogP contribution in [0.2, 0.25) is 0 Å². The van der Waals surface area contributed by atoms with Crippen molar-refractivity contribution in [1.29, 1.82) is 0 Å². The molecular formula is C16H10F3NO. The number of alkyl halides is 3. The molecule has 0 amide bonds. The van der Waals surface area contributed by atoms with E-state index in [2.05, 4.69) is 0 Å². The minimum atomic E-state index is -4.38. The van der Waals surface area contributed by atoms with Crippen LogP contribution in [-0.4, -0.2) is 4.40 Å². The molecule has 0 spiro atoms. The zero-order chi connectivity index (χ0) is 15.0. The fraction of sp³-hybridized carbons (Fsp3) is 0.0625. The fourth-order valence-electron chi connectivity index (χ4n) is 2.21. The van der Waals surface area contributed by atoms with Gasteiger partial charge in [0.25, 0.3) is 5.56 Å². The fourth-order valence-corrected chi connectivity index (χ4v) is 2.21. The number of pyridine rings is 2. The van der Waals surface area contributed by atoms with Gasteiger partial charge >= 0.3 is 6.18 Å². The van der Waals surface area contributed by atoms with Gasteiger partial charge in [0.1, 0.15) is 0 Å². The quantitative estimate of drug-likeness (QED) is 0.664. The van der Waals surface area contributed by atoms with E-state index in [1.54, 1.807) is 30.5 Å². The van der Waals surface area contributed by atoms with E-state index in [0.717, 1.165) is 17.6 Å². The average Bonchev–Trinajstić information content (AvgIpc) is 2.47. The molecule has 0 radical (unpaired) electrons. The molecule has 5 heteroatoms. The van der Waals surface area contributed by atoms with Gasteiger partial charge in [-0.15, -0.1) is 0 Å². The predicted octanol–water partition coefficient (Wildman–Crippen LogP) is 3.99. The van der Waals surface area contributed by atoms with Crippen molar-refractivity contribution < 1.29 is 13.2 Å². The number of aromatic nitrogens is 1. The summed E-state index contributed by atoms with van der Waals surface area (Å²) in [7, 11) is 0. The molecule has 0 unspecified atom stereocenters. The predicted molar refractivity (Wildman–Crippen MR) is 74.1 cm³/mol. The number of benzene rings is 1. The van der Waals surface area contributed by atoms with Crippen LogP contribution in [0.1, 0.15) is 5.56 Å². The zero-order valence-corrected chi connectivity index (χ0v) is 10.8. The highest BCUT2D eigenvalue weighted by atomic mass is 19.4. The van der Waals surface area contributed by atoms with E-state index in [1.807, 2.05) is 6.07 Å². The molecule has 0 saturated heterocycles. The summed E-state index contributed by atoms with van der Waals surface area (Å²) in [4.78, 5) is 12.4. The first-order valence-corrected chi connectivity index (χ1v) is 6.25. The second-order valence-electron chi connectivity index (χ2n) is 4.62. The normalized spacial score (nSPS) is 11.8. The molecule has 3 aromatic rings. The first kappa shape index (κ1) is 13.4. The molecule has 2 aromatic heterocycles. The van der Waals surface area contributed by atoms with Crippen LogP contribution in [0.15, 0.2) is 65.6 Å². The molecule has 21 heavy (non-hydrogen) atoms. The monoisotopic (exact) mass is 289 g/mol. The van der Waals surface area contributed by atoms with Gasteiger partial charge in [-0.05, 0) is 42.0 Å². The van der Waals surface area contributed by atoms with Gasteiger partial charge in [0.05, 0.1) is 5.56 Å². The molecule has 0 N–H and O–H groups in total. The maximum absolute atomic E-state index is 12.5. The van der Waals surface area contributed by atoms with Crippen LogP contribution in [0.5, 0.6) is 0 Å². The van der Waals surface area contributed by atoms with E-state index in [1.165, 1.54) is 16.5 Å². The summed E-state index contributed by atoms with van der Waals surface area (Å²) >= 11 is 0. The van der Waals surface area contributed by atoms with Crippen LogP contribution in [0, 0.1) is 0 Å². The van der Waals surface area contributed by atoms with Gasteiger partial charge in [-0.1, -0.05) is 18.2 Å². The maximum Gasteiger partial charge on any atom is 0.416 e. The maximum atomic E-state index is 12.5. The van der Waals surface area contributed by atoms with Gasteiger partial charge in [0.15, 0.2) is 0 Å². The molecule has 0 aliphatic carbocycles. The summed E-state index contributed by atoms with van der Waals surface area (Å²) in [5, 5.41) is 0. The summed E-state index contributed by atoms with van der Waals surface area (Å²) in [6, 6.07) is 13.3. The summed E-state index contributed by atoms with van der Waals surface area (Å²) in [5.74, 6) is 0. The van der Waals surface area contributed by atoms with Crippen molar-refractivity contribution >= 4 is 5.52 Å². The van der Waals surface area contributed by atoms with Crippen LogP contribution >= 0.6 is 0 Å². The molecule has 2 heterocycles. The van der Waals surface area contributed by atoms with E-state index in [4.69, 9.17) is 0 Å². The molecule has 3 rings (SSSR count). The van der Waals surface area contributed by atoms with Gasteiger partial charge in [-0.25, -0.2) is 0 Å². The number of fused-ring (bicyclic) bond motifs is 1. The Morgan fingerprint density at radius 1 is 0.857 bits per heavy atom. The number of halogens is 3. The third-order valence-electron chi connectivity index (χ3n) is 3.28. The Labute approximate surface area is 118 Å². The number of hydrogen-bond acceptors (Lipinski definition) is 1. The molecular weight excluding hydrogens is 279 g/mol. The summed E-state index contributed by atoms with van der Waals surface area (Å²) in [6.45, 7) is 0. The first-order valence-electron chi connectivity index (χ1n) is 6.25. The van der Waals surface area contributed by atoms with Gasteiger partial charge in [-0.3, -0.25) is 9.20 Å². The Hall–Kier alpha value is -2.56. The van der Waals surface area contributed by atoms with Crippen molar-refractivity contribution in [2.75, 3.05) is 0 Å². The van der Waals surface area contributed by atoms with Gasteiger partial charge in [-0.2, -0.15) is 13.2 Å². The van der Waals surface area contributed by atoms with Crippen molar-refractivity contribution in [2.45, 2.75) is 6.18 Å². The van der Waals surface area contributed by atoms with Crippen molar-refractivity contribution in [3.05, 3.63) is 76.7 Å². The Balaban J connectivity index is 2.13. The second kappa shape index (κ2) is 4.77. The second-order valence-corrected chi connectivity index (χ2v) is 4.62. The van der Waals surface area contributed by atoms with Crippen LogP contribution in [0.25, 0.3) is 16.6 Å². The molecule has 0 atom stereocenters. The molecule has 0 aliphatic rings. The average molecular weight is 289 g/mol. The van der Waals surface area contributed by atoms with E-state index >= 15 is 0 Å². The van der Waals surface area contributed by atoms with Crippen LogP contribution in [0.3, 0.4) is 0 Å². The number of nitrogens with zero attached hydrogens (tertiary/aromatic N) is 1. The molecule has 0 fully saturated rings. The van der Waals surface area contributed by atoms with Crippen LogP contribution in [-0.2, 0) is 6.18 Å². The number of hydrogen-bond donors (Lipinski definition) is 0. The van der Waals surface area contributed by atoms with Crippen molar-refractivity contribution in [2.24, 2.45) is 0 Å². The van der Waals surface area contributed by atoms with E-state index < -0.39 is 11.7 Å². The minimum absolute atomic E-state index is 0.257. The first-order chi connectivity index (χ1) is 9.97. The standard InChI is InChI=1S/C16H10F3NO/c17-16(18,19)12-6-4-11(5-7-12)14-9-8-13-3-1-2-10-20(13)15(14)21/h1-10H. The van der Waals surface area contributed by atoms with E-state index in [-0.39, 0.29) is 5.56 Å². The Morgan fingerprint density at radius 2 is 1.57 bits per heavy atom. The minimum Gasteiger partial charge on any atom is -0.284 e.